The molecule has 1 atom stereocenters. The van der Waals surface area contributed by atoms with Crippen LogP contribution in [0.2, 0.25) is 0 Å². The summed E-state index contributed by atoms with van der Waals surface area (Å²) in [6.45, 7) is 2.56. The van der Waals surface area contributed by atoms with Crippen LogP contribution in [-0.4, -0.2) is 34.2 Å². The highest BCUT2D eigenvalue weighted by atomic mass is 16.6. The van der Waals surface area contributed by atoms with Crippen LogP contribution in [0.3, 0.4) is 0 Å². The lowest BCUT2D eigenvalue weighted by Gasteiger charge is -2.17. The number of nitriles is 1. The van der Waals surface area contributed by atoms with Crippen molar-refractivity contribution in [1.29, 1.82) is 5.26 Å². The minimum Gasteiger partial charge on any atom is -0.462 e. The highest BCUT2D eigenvalue weighted by molar-refractivity contribution is 5.67. The van der Waals surface area contributed by atoms with E-state index in [0.29, 0.717) is 0 Å². The number of imidazole rings is 1. The molecule has 0 fully saturated rings. The van der Waals surface area contributed by atoms with Gasteiger partial charge in [0.15, 0.2) is 11.8 Å². The Kier molecular flexibility index (Phi) is 4.88. The second-order valence-electron chi connectivity index (χ2n) is 3.78. The Hall–Kier alpha value is -2.56. The first-order valence-corrected chi connectivity index (χ1v) is 5.45. The highest BCUT2D eigenvalue weighted by Crippen LogP contribution is 2.10. The molecule has 0 amide bonds. The molecule has 1 rings (SSSR count). The summed E-state index contributed by atoms with van der Waals surface area (Å²) in [6.07, 6.45) is 0.669. The molecular formula is C11H14N4O4. The molecule has 0 saturated carbocycles. The van der Waals surface area contributed by atoms with Gasteiger partial charge in [0.05, 0.1) is 12.9 Å². The number of aromatic nitrogens is 2. The van der Waals surface area contributed by atoms with Gasteiger partial charge < -0.3 is 19.8 Å². The molecule has 0 aliphatic heterocycles. The summed E-state index contributed by atoms with van der Waals surface area (Å²) in [7, 11) is 0. The molecule has 0 spiro atoms. The Morgan fingerprint density at radius 2 is 2.21 bits per heavy atom. The molecule has 8 heteroatoms. The molecule has 0 radical (unpaired) electrons. The van der Waals surface area contributed by atoms with Crippen LogP contribution in [0, 0.1) is 11.3 Å². The zero-order valence-electron chi connectivity index (χ0n) is 10.6. The highest BCUT2D eigenvalue weighted by Gasteiger charge is 2.17. The van der Waals surface area contributed by atoms with Crippen LogP contribution >= 0.6 is 0 Å². The summed E-state index contributed by atoms with van der Waals surface area (Å²) in [5.74, 6) is -0.813. The first-order chi connectivity index (χ1) is 8.93. The van der Waals surface area contributed by atoms with E-state index in [1.165, 1.54) is 24.7 Å². The number of hydrogen-bond acceptors (Lipinski definition) is 7. The van der Waals surface area contributed by atoms with Crippen LogP contribution in [0.5, 0.6) is 0 Å². The number of nitrogen functional groups attached to an aromatic ring is 1. The number of ether oxygens (including phenoxy) is 2. The number of carbonyl (C=O) groups is 2. The SMILES string of the molecule is CC(=O)OCC(Cn1cnc(C#N)c1N)OC(C)=O. The summed E-state index contributed by atoms with van der Waals surface area (Å²) in [6, 6.07) is 1.83. The van der Waals surface area contributed by atoms with Crippen molar-refractivity contribution in [3.63, 3.8) is 0 Å². The van der Waals surface area contributed by atoms with Gasteiger partial charge in [-0.05, 0) is 0 Å². The molecule has 1 aromatic heterocycles. The first kappa shape index (κ1) is 14.5. The second kappa shape index (κ2) is 6.39. The van der Waals surface area contributed by atoms with Gasteiger partial charge in [0, 0.05) is 13.8 Å². The third-order valence-electron chi connectivity index (χ3n) is 2.19. The number of hydrogen-bond donors (Lipinski definition) is 1. The van der Waals surface area contributed by atoms with Crippen molar-refractivity contribution in [2.45, 2.75) is 26.5 Å². The van der Waals surface area contributed by atoms with Crippen molar-refractivity contribution in [2.75, 3.05) is 12.3 Å². The maximum absolute atomic E-state index is 11.0. The quantitative estimate of drug-likeness (QED) is 0.734. The Balaban J connectivity index is 2.75. The van der Waals surface area contributed by atoms with E-state index in [1.807, 2.05) is 6.07 Å². The smallest absolute Gasteiger partial charge is 0.303 e. The minimum atomic E-state index is -0.690. The number of esters is 2. The molecule has 0 bridgehead atoms. The average molecular weight is 266 g/mol. The standard InChI is InChI=1S/C11H14N4O4/c1-7(16)18-5-9(19-8(2)17)4-15-6-14-10(3-12)11(15)13/h6,9H,4-5,13H2,1-2H3. The fourth-order valence-electron chi connectivity index (χ4n) is 1.41. The second-order valence-corrected chi connectivity index (χ2v) is 3.78. The van der Waals surface area contributed by atoms with Crippen LogP contribution in [0.15, 0.2) is 6.33 Å². The predicted molar refractivity (Wildman–Crippen MR) is 63.5 cm³/mol. The summed E-state index contributed by atoms with van der Waals surface area (Å²) in [4.78, 5) is 25.5. The number of rotatable bonds is 5. The van der Waals surface area contributed by atoms with Gasteiger partial charge in [0.1, 0.15) is 18.5 Å². The summed E-state index contributed by atoms with van der Waals surface area (Å²) >= 11 is 0. The molecule has 0 saturated heterocycles. The molecule has 19 heavy (non-hydrogen) atoms. The summed E-state index contributed by atoms with van der Waals surface area (Å²) in [5, 5.41) is 8.73. The van der Waals surface area contributed by atoms with Gasteiger partial charge in [-0.1, -0.05) is 0 Å². The van der Waals surface area contributed by atoms with E-state index >= 15 is 0 Å². The maximum atomic E-state index is 11.0. The predicted octanol–water partition coefficient (Wildman–Crippen LogP) is -0.168. The topological polar surface area (TPSA) is 120 Å². The van der Waals surface area contributed by atoms with Crippen LogP contribution in [0.1, 0.15) is 19.5 Å². The number of carbonyl (C=O) groups excluding carboxylic acids is 2. The molecule has 0 aromatic carbocycles. The van der Waals surface area contributed by atoms with Crippen molar-refractivity contribution >= 4 is 17.8 Å². The van der Waals surface area contributed by atoms with E-state index in [4.69, 9.17) is 20.5 Å². The minimum absolute atomic E-state index is 0.0889. The summed E-state index contributed by atoms with van der Waals surface area (Å²) < 4.78 is 11.2. The molecule has 0 aliphatic rings. The van der Waals surface area contributed by atoms with Gasteiger partial charge in [-0.3, -0.25) is 9.59 Å². The lowest BCUT2D eigenvalue weighted by atomic mass is 10.3. The largest absolute Gasteiger partial charge is 0.462 e. The monoisotopic (exact) mass is 266 g/mol. The van der Waals surface area contributed by atoms with Crippen molar-refractivity contribution in [3.8, 4) is 6.07 Å². The van der Waals surface area contributed by atoms with Crippen molar-refractivity contribution in [3.05, 3.63) is 12.0 Å². The molecule has 8 nitrogen and oxygen atoms in total. The molecular weight excluding hydrogens is 252 g/mol. The molecule has 0 aliphatic carbocycles. The molecule has 1 heterocycles. The molecule has 102 valence electrons. The van der Waals surface area contributed by atoms with Crippen molar-refractivity contribution < 1.29 is 19.1 Å². The third kappa shape index (κ3) is 4.31. The lowest BCUT2D eigenvalue weighted by molar-refractivity contribution is -0.157. The van der Waals surface area contributed by atoms with E-state index in [9.17, 15) is 9.59 Å². The molecule has 1 aromatic rings. The van der Waals surface area contributed by atoms with E-state index < -0.39 is 18.0 Å². The Labute approximate surface area is 109 Å². The number of anilines is 1. The van der Waals surface area contributed by atoms with E-state index in [-0.39, 0.29) is 24.7 Å². The van der Waals surface area contributed by atoms with E-state index in [2.05, 4.69) is 4.98 Å². The lowest BCUT2D eigenvalue weighted by Crippen LogP contribution is -2.28. The first-order valence-electron chi connectivity index (χ1n) is 5.45. The number of nitrogens with two attached hydrogens (primary N) is 1. The zero-order valence-corrected chi connectivity index (χ0v) is 10.6. The fourth-order valence-corrected chi connectivity index (χ4v) is 1.41. The Morgan fingerprint density at radius 3 is 2.68 bits per heavy atom. The normalized spacial score (nSPS) is 11.4. The maximum Gasteiger partial charge on any atom is 0.303 e. The van der Waals surface area contributed by atoms with Gasteiger partial charge in [0.2, 0.25) is 0 Å². The van der Waals surface area contributed by atoms with Crippen LogP contribution in [-0.2, 0) is 25.6 Å². The zero-order chi connectivity index (χ0) is 14.4. The van der Waals surface area contributed by atoms with Gasteiger partial charge in [-0.25, -0.2) is 4.98 Å². The van der Waals surface area contributed by atoms with Crippen molar-refractivity contribution in [1.82, 2.24) is 9.55 Å². The van der Waals surface area contributed by atoms with Gasteiger partial charge in [-0.15, -0.1) is 0 Å². The fraction of sp³-hybridized carbons (Fsp3) is 0.455. The van der Waals surface area contributed by atoms with Crippen LogP contribution in [0.25, 0.3) is 0 Å². The molecule has 2 N–H and O–H groups in total. The Bertz CT molecular complexity index is 517. The summed E-state index contributed by atoms with van der Waals surface area (Å²) in [5.41, 5.74) is 5.77. The van der Waals surface area contributed by atoms with Gasteiger partial charge in [-0.2, -0.15) is 5.26 Å². The van der Waals surface area contributed by atoms with E-state index in [0.717, 1.165) is 0 Å². The van der Waals surface area contributed by atoms with Gasteiger partial charge >= 0.3 is 11.9 Å². The van der Waals surface area contributed by atoms with Crippen LogP contribution in [0.4, 0.5) is 5.82 Å². The van der Waals surface area contributed by atoms with Crippen molar-refractivity contribution in [2.24, 2.45) is 0 Å². The number of nitrogens with zero attached hydrogens (tertiary/aromatic N) is 3. The van der Waals surface area contributed by atoms with Gasteiger partial charge in [0.25, 0.3) is 0 Å². The molecule has 1 unspecified atom stereocenters. The Morgan fingerprint density at radius 1 is 1.53 bits per heavy atom. The van der Waals surface area contributed by atoms with Crippen LogP contribution < -0.4 is 5.73 Å². The third-order valence-corrected chi connectivity index (χ3v) is 2.19. The average Bonchev–Trinajstić information content (AvgIpc) is 2.67. The van der Waals surface area contributed by atoms with E-state index in [1.54, 1.807) is 0 Å².